The summed E-state index contributed by atoms with van der Waals surface area (Å²) in [6, 6.07) is 62.9. The SMILES string of the molecule is CC1C(c2cc3ccccc3c3ccccc23)=CC(C#N)=CC1c1ccc(-c2ccc(-c3nc4ccccc4n3-c3ccccc3)cc2)c2ccccc12. The minimum Gasteiger partial charge on any atom is -0.292 e. The molecule has 0 saturated heterocycles. The summed E-state index contributed by atoms with van der Waals surface area (Å²) in [6.45, 7) is 2.31. The third kappa shape index (κ3) is 5.15. The first-order valence-electron chi connectivity index (χ1n) is 18.6. The van der Waals surface area contributed by atoms with Crippen molar-refractivity contribution in [2.24, 2.45) is 5.92 Å². The maximum atomic E-state index is 10.4. The second-order valence-corrected chi connectivity index (χ2v) is 14.3. The highest BCUT2D eigenvalue weighted by atomic mass is 15.1. The fourth-order valence-electron chi connectivity index (χ4n) is 8.64. The Morgan fingerprint density at radius 1 is 0.574 bits per heavy atom. The van der Waals surface area contributed by atoms with Crippen molar-refractivity contribution < 1.29 is 0 Å². The van der Waals surface area contributed by atoms with E-state index in [1.165, 1.54) is 54.6 Å². The topological polar surface area (TPSA) is 41.6 Å². The fourth-order valence-corrected chi connectivity index (χ4v) is 8.64. The van der Waals surface area contributed by atoms with Gasteiger partial charge in [0.25, 0.3) is 0 Å². The first-order valence-corrected chi connectivity index (χ1v) is 18.6. The van der Waals surface area contributed by atoms with Crippen LogP contribution in [0, 0.1) is 17.2 Å². The van der Waals surface area contributed by atoms with Gasteiger partial charge in [0.15, 0.2) is 0 Å². The molecule has 2 unspecified atom stereocenters. The molecule has 0 saturated carbocycles. The molecule has 2 atom stereocenters. The van der Waals surface area contributed by atoms with Gasteiger partial charge < -0.3 is 0 Å². The summed E-state index contributed by atoms with van der Waals surface area (Å²) >= 11 is 0. The molecule has 1 aliphatic carbocycles. The molecular weight excluding hydrogens is 655 g/mol. The van der Waals surface area contributed by atoms with Crippen LogP contribution in [0.25, 0.3) is 77.1 Å². The van der Waals surface area contributed by atoms with Crippen molar-refractivity contribution >= 4 is 48.9 Å². The zero-order valence-electron chi connectivity index (χ0n) is 29.8. The lowest BCUT2D eigenvalue weighted by atomic mass is 9.73. The largest absolute Gasteiger partial charge is 0.292 e. The molecule has 0 spiro atoms. The standard InChI is InChI=1S/C51H35N3/c1-33-46(29-34(32-52)30-47(33)48-31-37-13-5-6-16-39(37)41-17-8-10-20-44(41)48)45-28-27-40(42-18-7-9-19-43(42)45)35-23-25-36(26-24-35)51-53-49-21-11-12-22-50(49)54(51)38-14-3-2-4-15-38/h2-31,33,46H,1H3. The van der Waals surface area contributed by atoms with Crippen molar-refractivity contribution in [1.82, 2.24) is 9.55 Å². The summed E-state index contributed by atoms with van der Waals surface area (Å²) < 4.78 is 2.24. The molecule has 0 amide bonds. The van der Waals surface area contributed by atoms with Crippen molar-refractivity contribution in [2.45, 2.75) is 12.8 Å². The Labute approximate surface area is 314 Å². The molecule has 9 aromatic rings. The van der Waals surface area contributed by atoms with Gasteiger partial charge in [-0.15, -0.1) is 0 Å². The number of aromatic nitrogens is 2. The summed E-state index contributed by atoms with van der Waals surface area (Å²) in [7, 11) is 0. The summed E-state index contributed by atoms with van der Waals surface area (Å²) in [5, 5.41) is 17.7. The van der Waals surface area contributed by atoms with Crippen LogP contribution < -0.4 is 0 Å². The molecule has 0 radical (unpaired) electrons. The third-order valence-electron chi connectivity index (χ3n) is 11.3. The summed E-state index contributed by atoms with van der Waals surface area (Å²) in [5.41, 5.74) is 10.9. The highest BCUT2D eigenvalue weighted by Crippen LogP contribution is 2.46. The van der Waals surface area contributed by atoms with Crippen LogP contribution in [0.2, 0.25) is 0 Å². The molecule has 0 fully saturated rings. The molecule has 0 bridgehead atoms. The molecule has 3 heteroatoms. The van der Waals surface area contributed by atoms with Gasteiger partial charge in [0.05, 0.1) is 17.1 Å². The molecule has 0 N–H and O–H groups in total. The highest BCUT2D eigenvalue weighted by molar-refractivity contribution is 6.12. The number of para-hydroxylation sites is 3. The second kappa shape index (κ2) is 12.9. The molecule has 1 heterocycles. The van der Waals surface area contributed by atoms with Crippen molar-refractivity contribution in [3.05, 3.63) is 199 Å². The number of hydrogen-bond donors (Lipinski definition) is 0. The molecule has 1 aliphatic rings. The average molecular weight is 690 g/mol. The molecule has 254 valence electrons. The minimum atomic E-state index is 0.0252. The number of nitrogens with zero attached hydrogens (tertiary/aromatic N) is 3. The number of benzene rings is 8. The Balaban J connectivity index is 1.06. The first kappa shape index (κ1) is 31.7. The number of rotatable bonds is 5. The van der Waals surface area contributed by atoms with E-state index in [1.54, 1.807) is 0 Å². The predicted octanol–water partition coefficient (Wildman–Crippen LogP) is 13.1. The van der Waals surface area contributed by atoms with Gasteiger partial charge in [0.1, 0.15) is 5.82 Å². The van der Waals surface area contributed by atoms with E-state index in [0.717, 1.165) is 33.7 Å². The Bertz CT molecular complexity index is 3010. The van der Waals surface area contributed by atoms with E-state index in [1.807, 2.05) is 12.1 Å². The molecule has 54 heavy (non-hydrogen) atoms. The van der Waals surface area contributed by atoms with Gasteiger partial charge in [-0.1, -0.05) is 153 Å². The van der Waals surface area contributed by atoms with Crippen molar-refractivity contribution in [3.8, 4) is 34.3 Å². The molecule has 0 aliphatic heterocycles. The van der Waals surface area contributed by atoms with Crippen molar-refractivity contribution in [1.29, 1.82) is 5.26 Å². The average Bonchev–Trinajstić information content (AvgIpc) is 3.63. The van der Waals surface area contributed by atoms with Gasteiger partial charge >= 0.3 is 0 Å². The Morgan fingerprint density at radius 3 is 1.98 bits per heavy atom. The van der Waals surface area contributed by atoms with E-state index < -0.39 is 0 Å². The Morgan fingerprint density at radius 2 is 1.20 bits per heavy atom. The minimum absolute atomic E-state index is 0.0252. The van der Waals surface area contributed by atoms with Gasteiger partial charge in [-0.25, -0.2) is 4.98 Å². The lowest BCUT2D eigenvalue weighted by Gasteiger charge is -2.30. The van der Waals surface area contributed by atoms with E-state index in [4.69, 9.17) is 4.98 Å². The maximum Gasteiger partial charge on any atom is 0.145 e. The molecule has 1 aromatic heterocycles. The zero-order chi connectivity index (χ0) is 36.2. The van der Waals surface area contributed by atoms with Gasteiger partial charge in [-0.05, 0) is 102 Å². The number of imidazole rings is 1. The van der Waals surface area contributed by atoms with E-state index >= 15 is 0 Å². The van der Waals surface area contributed by atoms with Crippen LogP contribution >= 0.6 is 0 Å². The fraction of sp³-hybridized carbons (Fsp3) is 0.0588. The summed E-state index contributed by atoms with van der Waals surface area (Å²) in [4.78, 5) is 5.08. The lowest BCUT2D eigenvalue weighted by Crippen LogP contribution is -2.15. The zero-order valence-corrected chi connectivity index (χ0v) is 29.8. The van der Waals surface area contributed by atoms with Gasteiger partial charge in [-0.2, -0.15) is 5.26 Å². The third-order valence-corrected chi connectivity index (χ3v) is 11.3. The summed E-state index contributed by atoms with van der Waals surface area (Å²) in [6.07, 6.45) is 4.29. The van der Waals surface area contributed by atoms with Crippen molar-refractivity contribution in [2.75, 3.05) is 0 Å². The van der Waals surface area contributed by atoms with Crippen LogP contribution in [0.4, 0.5) is 0 Å². The van der Waals surface area contributed by atoms with Gasteiger partial charge in [0.2, 0.25) is 0 Å². The van der Waals surface area contributed by atoms with Gasteiger partial charge in [0, 0.05) is 22.7 Å². The Hall–Kier alpha value is -7.02. The number of nitriles is 1. The van der Waals surface area contributed by atoms with E-state index in [0.29, 0.717) is 5.57 Å². The molecular formula is C51H35N3. The maximum absolute atomic E-state index is 10.4. The molecule has 3 nitrogen and oxygen atoms in total. The molecule has 10 rings (SSSR count). The van der Waals surface area contributed by atoms with Crippen molar-refractivity contribution in [3.63, 3.8) is 0 Å². The van der Waals surface area contributed by atoms with Gasteiger partial charge in [-0.3, -0.25) is 4.57 Å². The monoisotopic (exact) mass is 689 g/mol. The number of fused-ring (bicyclic) bond motifs is 5. The quantitative estimate of drug-likeness (QED) is 0.169. The summed E-state index contributed by atoms with van der Waals surface area (Å²) in [5.74, 6) is 1.09. The smallest absolute Gasteiger partial charge is 0.145 e. The van der Waals surface area contributed by atoms with E-state index in [-0.39, 0.29) is 11.8 Å². The van der Waals surface area contributed by atoms with Crippen LogP contribution in [0.3, 0.4) is 0 Å². The van der Waals surface area contributed by atoms with Crippen LogP contribution in [-0.4, -0.2) is 9.55 Å². The predicted molar refractivity (Wildman–Crippen MR) is 224 cm³/mol. The highest BCUT2D eigenvalue weighted by Gasteiger charge is 2.29. The second-order valence-electron chi connectivity index (χ2n) is 14.3. The molecule has 8 aromatic carbocycles. The van der Waals surface area contributed by atoms with E-state index in [2.05, 4.69) is 187 Å². The normalized spacial score (nSPS) is 15.7. The van der Waals surface area contributed by atoms with E-state index in [9.17, 15) is 5.26 Å². The lowest BCUT2D eigenvalue weighted by molar-refractivity contribution is 0.655. The van der Waals surface area contributed by atoms with Crippen LogP contribution in [0.15, 0.2) is 188 Å². The number of allylic oxidation sites excluding steroid dienone is 4. The van der Waals surface area contributed by atoms with Crippen LogP contribution in [0.5, 0.6) is 0 Å². The first-order chi connectivity index (χ1) is 26.7. The number of hydrogen-bond acceptors (Lipinski definition) is 2. The Kier molecular flexibility index (Phi) is 7.56. The van der Waals surface area contributed by atoms with Crippen LogP contribution in [-0.2, 0) is 0 Å². The van der Waals surface area contributed by atoms with Crippen LogP contribution in [0.1, 0.15) is 24.0 Å².